The molecule has 7 nitrogen and oxygen atoms in total. The molecule has 1 aromatic rings. The highest BCUT2D eigenvalue weighted by molar-refractivity contribution is 5.97. The van der Waals surface area contributed by atoms with Crippen molar-refractivity contribution in [2.45, 2.75) is 58.4 Å². The van der Waals surface area contributed by atoms with E-state index in [9.17, 15) is 14.4 Å². The molecule has 0 bridgehead atoms. The lowest BCUT2D eigenvalue weighted by molar-refractivity contribution is -0.144. The van der Waals surface area contributed by atoms with Crippen molar-refractivity contribution in [1.29, 1.82) is 0 Å². The zero-order chi connectivity index (χ0) is 20.6. The Bertz CT molecular complexity index is 688. The smallest absolute Gasteiger partial charge is 0.328 e. The monoisotopic (exact) mass is 425 g/mol. The van der Waals surface area contributed by atoms with Crippen LogP contribution in [0.15, 0.2) is 24.3 Å². The van der Waals surface area contributed by atoms with Gasteiger partial charge in [0.25, 0.3) is 5.91 Å². The summed E-state index contributed by atoms with van der Waals surface area (Å²) in [6.45, 7) is 4.07. The summed E-state index contributed by atoms with van der Waals surface area (Å²) in [6.07, 6.45) is 5.87. The molecule has 8 heteroatoms. The van der Waals surface area contributed by atoms with E-state index in [1.807, 2.05) is 0 Å². The third-order valence-electron chi connectivity index (χ3n) is 5.30. The lowest BCUT2D eigenvalue weighted by atomic mass is 9.71. The molecule has 2 amide bonds. The maximum atomic E-state index is 12.4. The van der Waals surface area contributed by atoms with Crippen LogP contribution in [0.25, 0.3) is 0 Å². The lowest BCUT2D eigenvalue weighted by Gasteiger charge is -2.35. The summed E-state index contributed by atoms with van der Waals surface area (Å²) in [5, 5.41) is 5.48. The first kappa shape index (κ1) is 24.9. The van der Waals surface area contributed by atoms with E-state index in [-0.39, 0.29) is 36.2 Å². The average molecular weight is 426 g/mol. The van der Waals surface area contributed by atoms with Gasteiger partial charge in [0.15, 0.2) is 0 Å². The van der Waals surface area contributed by atoms with Gasteiger partial charge in [0.2, 0.25) is 5.91 Å². The van der Waals surface area contributed by atoms with Crippen LogP contribution in [0, 0.1) is 5.41 Å². The molecule has 0 radical (unpaired) electrons. The van der Waals surface area contributed by atoms with Crippen molar-refractivity contribution in [1.82, 2.24) is 5.32 Å². The number of hydrogen-bond acceptors (Lipinski definition) is 5. The van der Waals surface area contributed by atoms with Gasteiger partial charge in [-0.15, -0.1) is 12.4 Å². The summed E-state index contributed by atoms with van der Waals surface area (Å²) in [7, 11) is 0. The highest BCUT2D eigenvalue weighted by Crippen LogP contribution is 2.38. The predicted octanol–water partition coefficient (Wildman–Crippen LogP) is 3.03. The second kappa shape index (κ2) is 11.8. The van der Waals surface area contributed by atoms with E-state index < -0.39 is 12.0 Å². The Morgan fingerprint density at radius 2 is 1.76 bits per heavy atom. The Balaban J connectivity index is 0.00000420. The van der Waals surface area contributed by atoms with Gasteiger partial charge in [0, 0.05) is 17.7 Å². The van der Waals surface area contributed by atoms with Crippen LogP contribution in [0.2, 0.25) is 0 Å². The summed E-state index contributed by atoms with van der Waals surface area (Å²) in [5.74, 6) is -0.903. The van der Waals surface area contributed by atoms with Gasteiger partial charge in [-0.1, -0.05) is 19.3 Å². The van der Waals surface area contributed by atoms with Crippen molar-refractivity contribution in [3.63, 3.8) is 0 Å². The molecule has 0 spiro atoms. The van der Waals surface area contributed by atoms with Crippen LogP contribution in [0.1, 0.15) is 62.7 Å². The standard InChI is InChI=1S/C21H31N3O4.ClH/c1-3-28-20(27)15(2)23-19(26)16-7-9-17(10-8-16)24-18(25)13-21(14-22)11-5-4-6-12-21;/h7-10,15H,3-6,11-14,22H2,1-2H3,(H,23,26)(H,24,25);1H. The molecule has 1 aliphatic carbocycles. The second-order valence-electron chi connectivity index (χ2n) is 7.51. The largest absolute Gasteiger partial charge is 0.464 e. The fraction of sp³-hybridized carbons (Fsp3) is 0.571. The maximum Gasteiger partial charge on any atom is 0.328 e. The minimum atomic E-state index is -0.727. The third-order valence-corrected chi connectivity index (χ3v) is 5.30. The van der Waals surface area contributed by atoms with Crippen LogP contribution < -0.4 is 16.4 Å². The molecule has 1 aliphatic rings. The molecule has 1 aromatic carbocycles. The van der Waals surface area contributed by atoms with E-state index in [1.165, 1.54) is 6.42 Å². The Kier molecular flexibility index (Phi) is 10.1. The Hall–Kier alpha value is -2.12. The van der Waals surface area contributed by atoms with Gasteiger partial charge in [-0.05, 0) is 62.9 Å². The van der Waals surface area contributed by atoms with Gasteiger partial charge in [0.1, 0.15) is 6.04 Å². The second-order valence-corrected chi connectivity index (χ2v) is 7.51. The van der Waals surface area contributed by atoms with Gasteiger partial charge in [-0.2, -0.15) is 0 Å². The molecule has 0 saturated heterocycles. The number of nitrogens with one attached hydrogen (secondary N) is 2. The number of ether oxygens (including phenoxy) is 1. The number of hydrogen-bond donors (Lipinski definition) is 3. The number of anilines is 1. The molecule has 2 rings (SSSR count). The molecular formula is C21H32ClN3O4. The number of halogens is 1. The quantitative estimate of drug-likeness (QED) is 0.554. The first-order valence-electron chi connectivity index (χ1n) is 9.96. The van der Waals surface area contributed by atoms with E-state index in [0.29, 0.717) is 24.2 Å². The third kappa shape index (κ3) is 7.33. The molecule has 0 aromatic heterocycles. The lowest BCUT2D eigenvalue weighted by Crippen LogP contribution is -2.39. The highest BCUT2D eigenvalue weighted by atomic mass is 35.5. The summed E-state index contributed by atoms with van der Waals surface area (Å²) >= 11 is 0. The van der Waals surface area contributed by atoms with Crippen LogP contribution in [0.4, 0.5) is 5.69 Å². The minimum Gasteiger partial charge on any atom is -0.464 e. The molecule has 1 atom stereocenters. The van der Waals surface area contributed by atoms with E-state index >= 15 is 0 Å². The Morgan fingerprint density at radius 1 is 1.14 bits per heavy atom. The van der Waals surface area contributed by atoms with E-state index in [0.717, 1.165) is 25.7 Å². The van der Waals surface area contributed by atoms with Gasteiger partial charge < -0.3 is 21.1 Å². The molecule has 1 fully saturated rings. The molecule has 4 N–H and O–H groups in total. The maximum absolute atomic E-state index is 12.4. The molecule has 162 valence electrons. The number of nitrogens with two attached hydrogens (primary N) is 1. The van der Waals surface area contributed by atoms with Crippen LogP contribution in [0.3, 0.4) is 0 Å². The van der Waals surface area contributed by atoms with Crippen LogP contribution in [-0.4, -0.2) is 37.0 Å². The van der Waals surface area contributed by atoms with Crippen LogP contribution >= 0.6 is 12.4 Å². The van der Waals surface area contributed by atoms with E-state index in [2.05, 4.69) is 10.6 Å². The summed E-state index contributed by atoms with van der Waals surface area (Å²) < 4.78 is 4.87. The molecule has 0 heterocycles. The highest BCUT2D eigenvalue weighted by Gasteiger charge is 2.32. The number of carbonyl (C=O) groups is 3. The Morgan fingerprint density at radius 3 is 2.31 bits per heavy atom. The fourth-order valence-corrected chi connectivity index (χ4v) is 3.61. The predicted molar refractivity (Wildman–Crippen MR) is 115 cm³/mol. The van der Waals surface area contributed by atoms with Crippen molar-refractivity contribution < 1.29 is 19.1 Å². The van der Waals surface area contributed by atoms with Crippen LogP contribution in [0.5, 0.6) is 0 Å². The van der Waals surface area contributed by atoms with Crippen LogP contribution in [-0.2, 0) is 14.3 Å². The normalized spacial score (nSPS) is 16.1. The van der Waals surface area contributed by atoms with Crippen molar-refractivity contribution in [3.8, 4) is 0 Å². The molecule has 1 unspecified atom stereocenters. The van der Waals surface area contributed by atoms with Crippen molar-refractivity contribution in [2.75, 3.05) is 18.5 Å². The first-order chi connectivity index (χ1) is 13.4. The first-order valence-corrected chi connectivity index (χ1v) is 9.96. The zero-order valence-electron chi connectivity index (χ0n) is 17.2. The number of carbonyl (C=O) groups excluding carboxylic acids is 3. The number of amides is 2. The summed E-state index contributed by atoms with van der Waals surface area (Å²) in [4.78, 5) is 36.3. The van der Waals surface area contributed by atoms with Crippen molar-refractivity contribution >= 4 is 35.9 Å². The fourth-order valence-electron chi connectivity index (χ4n) is 3.61. The number of benzene rings is 1. The van der Waals surface area contributed by atoms with Gasteiger partial charge in [0.05, 0.1) is 6.61 Å². The molecule has 1 saturated carbocycles. The topological polar surface area (TPSA) is 111 Å². The number of esters is 1. The van der Waals surface area contributed by atoms with Crippen molar-refractivity contribution in [2.24, 2.45) is 11.1 Å². The molecule has 29 heavy (non-hydrogen) atoms. The van der Waals surface area contributed by atoms with Crippen molar-refractivity contribution in [3.05, 3.63) is 29.8 Å². The SMILES string of the molecule is CCOC(=O)C(C)NC(=O)c1ccc(NC(=O)CC2(CN)CCCCC2)cc1.Cl. The number of rotatable bonds is 8. The summed E-state index contributed by atoms with van der Waals surface area (Å²) in [6, 6.07) is 5.86. The minimum absolute atomic E-state index is 0. The van der Waals surface area contributed by atoms with Gasteiger partial charge in [-0.25, -0.2) is 4.79 Å². The average Bonchev–Trinajstić information content (AvgIpc) is 2.69. The summed E-state index contributed by atoms with van der Waals surface area (Å²) in [5.41, 5.74) is 6.89. The Labute approximate surface area is 178 Å². The van der Waals surface area contributed by atoms with E-state index in [1.54, 1.807) is 38.1 Å². The van der Waals surface area contributed by atoms with E-state index in [4.69, 9.17) is 10.5 Å². The van der Waals surface area contributed by atoms with Gasteiger partial charge in [-0.3, -0.25) is 9.59 Å². The van der Waals surface area contributed by atoms with Gasteiger partial charge >= 0.3 is 5.97 Å². The zero-order valence-corrected chi connectivity index (χ0v) is 18.0. The molecular weight excluding hydrogens is 394 g/mol. The molecule has 0 aliphatic heterocycles.